The van der Waals surface area contributed by atoms with Gasteiger partial charge in [0.25, 0.3) is 6.02 Å². The maximum absolute atomic E-state index is 14.1. The molecular weight excluding hydrogens is 395 g/mol. The largest absolute Gasteiger partial charge is 0.497 e. The van der Waals surface area contributed by atoms with Gasteiger partial charge in [0.1, 0.15) is 5.75 Å². The summed E-state index contributed by atoms with van der Waals surface area (Å²) in [5.74, 6) is -1.51. The number of alkyl halides is 3. The van der Waals surface area contributed by atoms with Crippen LogP contribution >= 0.6 is 0 Å². The molecule has 1 atom stereocenters. The number of halogens is 3. The molecule has 0 amide bonds. The predicted molar refractivity (Wildman–Crippen MR) is 95.9 cm³/mol. The van der Waals surface area contributed by atoms with Crippen LogP contribution in [0.2, 0.25) is 0 Å². The lowest BCUT2D eigenvalue weighted by molar-refractivity contribution is -0.204. The molecule has 11 heteroatoms. The third kappa shape index (κ3) is 4.14. The molecule has 2 aliphatic rings. The Bertz CT molecular complexity index is 804. The standard InChI is InChI=1S/C18H20F3N3O5/c1-3-28-15(25)17(18(19,20)21)22-14(12-4-6-13(26-2)7-5-12)29-16(23-17)24-8-10-27-11-9-24/h4-7H,3,8-11H2,1-2H3/t17-/m1/s1. The number of ether oxygens (including phenoxy) is 4. The zero-order valence-corrected chi connectivity index (χ0v) is 15.9. The monoisotopic (exact) mass is 415 g/mol. The van der Waals surface area contributed by atoms with Gasteiger partial charge in [-0.2, -0.15) is 23.2 Å². The number of carbonyl (C=O) groups excluding carboxylic acids is 1. The summed E-state index contributed by atoms with van der Waals surface area (Å²) in [6.45, 7) is 2.23. The average molecular weight is 415 g/mol. The molecule has 1 fully saturated rings. The lowest BCUT2D eigenvalue weighted by atomic mass is 10.1. The normalized spacial score (nSPS) is 22.3. The van der Waals surface area contributed by atoms with Crippen LogP contribution in [0.4, 0.5) is 13.2 Å². The van der Waals surface area contributed by atoms with Crippen LogP contribution in [0, 0.1) is 0 Å². The van der Waals surface area contributed by atoms with E-state index in [4.69, 9.17) is 14.2 Å². The highest BCUT2D eigenvalue weighted by Crippen LogP contribution is 2.39. The van der Waals surface area contributed by atoms with Crippen LogP contribution in [0.5, 0.6) is 5.75 Å². The fourth-order valence-corrected chi connectivity index (χ4v) is 2.75. The van der Waals surface area contributed by atoms with Crippen LogP contribution in [-0.2, 0) is 19.0 Å². The third-order valence-electron chi connectivity index (χ3n) is 4.28. The third-order valence-corrected chi connectivity index (χ3v) is 4.28. The molecule has 158 valence electrons. The number of aliphatic imine (C=N–C) groups is 2. The molecule has 0 bridgehead atoms. The molecule has 29 heavy (non-hydrogen) atoms. The van der Waals surface area contributed by atoms with Crippen LogP contribution in [0.25, 0.3) is 0 Å². The number of morpholine rings is 1. The van der Waals surface area contributed by atoms with Crippen LogP contribution in [0.15, 0.2) is 34.3 Å². The van der Waals surface area contributed by atoms with Crippen molar-refractivity contribution in [1.82, 2.24) is 4.90 Å². The molecule has 2 aliphatic heterocycles. The van der Waals surface area contributed by atoms with Gasteiger partial charge in [-0.1, -0.05) is 0 Å². The van der Waals surface area contributed by atoms with E-state index in [0.29, 0.717) is 5.75 Å². The van der Waals surface area contributed by atoms with Gasteiger partial charge >= 0.3 is 17.8 Å². The van der Waals surface area contributed by atoms with Gasteiger partial charge in [-0.15, -0.1) is 0 Å². The van der Waals surface area contributed by atoms with E-state index in [0.717, 1.165) is 0 Å². The predicted octanol–water partition coefficient (Wildman–Crippen LogP) is 1.98. The van der Waals surface area contributed by atoms with E-state index in [9.17, 15) is 18.0 Å². The van der Waals surface area contributed by atoms with E-state index in [1.165, 1.54) is 31.1 Å². The minimum absolute atomic E-state index is 0.226. The molecule has 0 unspecified atom stereocenters. The first kappa shape index (κ1) is 20.9. The van der Waals surface area contributed by atoms with Crippen molar-refractivity contribution in [1.29, 1.82) is 0 Å². The van der Waals surface area contributed by atoms with Crippen molar-refractivity contribution in [3.63, 3.8) is 0 Å². The Kier molecular flexibility index (Phi) is 5.96. The summed E-state index contributed by atoms with van der Waals surface area (Å²) in [7, 11) is 1.46. The van der Waals surface area contributed by atoms with E-state index in [2.05, 4.69) is 14.7 Å². The number of hydrogen-bond donors (Lipinski definition) is 0. The molecule has 0 aromatic heterocycles. The summed E-state index contributed by atoms with van der Waals surface area (Å²) < 4.78 is 62.8. The van der Waals surface area contributed by atoms with Crippen LogP contribution in [0.1, 0.15) is 12.5 Å². The molecule has 0 saturated carbocycles. The van der Waals surface area contributed by atoms with Crippen molar-refractivity contribution in [2.24, 2.45) is 9.98 Å². The first-order valence-electron chi connectivity index (χ1n) is 8.89. The molecule has 8 nitrogen and oxygen atoms in total. The Morgan fingerprint density at radius 3 is 2.41 bits per heavy atom. The quantitative estimate of drug-likeness (QED) is 0.700. The summed E-state index contributed by atoms with van der Waals surface area (Å²) in [6, 6.07) is 5.68. The Morgan fingerprint density at radius 2 is 1.86 bits per heavy atom. The number of hydrogen-bond acceptors (Lipinski definition) is 8. The highest BCUT2D eigenvalue weighted by atomic mass is 19.4. The smallest absolute Gasteiger partial charge is 0.446 e. The number of methoxy groups -OCH3 is 1. The SMILES string of the molecule is CCOC(=O)[C@@]1(C(F)(F)F)N=C(c2ccc(OC)cc2)OC(N2CCOCC2)=N1. The summed E-state index contributed by atoms with van der Waals surface area (Å²) in [5, 5.41) is 0. The molecule has 0 aliphatic carbocycles. The van der Waals surface area contributed by atoms with Gasteiger partial charge in [0.15, 0.2) is 0 Å². The number of benzene rings is 1. The van der Waals surface area contributed by atoms with E-state index in [1.54, 1.807) is 12.1 Å². The highest BCUT2D eigenvalue weighted by Gasteiger charge is 2.65. The summed E-state index contributed by atoms with van der Waals surface area (Å²) in [5.41, 5.74) is -3.23. The van der Waals surface area contributed by atoms with E-state index in [1.807, 2.05) is 0 Å². The Balaban J connectivity index is 2.11. The lowest BCUT2D eigenvalue weighted by Crippen LogP contribution is -2.56. The molecule has 1 saturated heterocycles. The van der Waals surface area contributed by atoms with Gasteiger partial charge in [0.05, 0.1) is 26.9 Å². The minimum Gasteiger partial charge on any atom is -0.497 e. The van der Waals surface area contributed by atoms with E-state index in [-0.39, 0.29) is 44.5 Å². The van der Waals surface area contributed by atoms with E-state index < -0.39 is 23.7 Å². The minimum atomic E-state index is -5.14. The Hall–Kier alpha value is -2.82. The zero-order valence-electron chi connectivity index (χ0n) is 15.9. The molecule has 3 rings (SSSR count). The van der Waals surface area contributed by atoms with Crippen molar-refractivity contribution >= 4 is 17.9 Å². The lowest BCUT2D eigenvalue weighted by Gasteiger charge is -2.35. The van der Waals surface area contributed by atoms with Crippen LogP contribution in [0.3, 0.4) is 0 Å². The number of rotatable bonds is 4. The van der Waals surface area contributed by atoms with Crippen LogP contribution in [-0.4, -0.2) is 74.6 Å². The molecule has 1 aromatic rings. The average Bonchev–Trinajstić information content (AvgIpc) is 2.73. The second-order valence-electron chi connectivity index (χ2n) is 6.13. The van der Waals surface area contributed by atoms with Crippen molar-refractivity contribution in [2.45, 2.75) is 18.8 Å². The fourth-order valence-electron chi connectivity index (χ4n) is 2.75. The topological polar surface area (TPSA) is 82.0 Å². The van der Waals surface area contributed by atoms with Gasteiger partial charge in [0.2, 0.25) is 5.90 Å². The van der Waals surface area contributed by atoms with Crippen molar-refractivity contribution in [2.75, 3.05) is 40.0 Å². The number of amidine groups is 1. The maximum atomic E-state index is 14.1. The zero-order chi connectivity index (χ0) is 21.1. The fraction of sp³-hybridized carbons (Fsp3) is 0.500. The Labute approximate surface area is 164 Å². The number of esters is 1. The molecule has 0 spiro atoms. The van der Waals surface area contributed by atoms with Gasteiger partial charge in [-0.3, -0.25) is 0 Å². The first-order chi connectivity index (χ1) is 13.8. The van der Waals surface area contributed by atoms with Gasteiger partial charge < -0.3 is 23.8 Å². The summed E-state index contributed by atoms with van der Waals surface area (Å²) in [6.07, 6.45) is -5.14. The molecule has 2 heterocycles. The molecule has 0 radical (unpaired) electrons. The first-order valence-corrected chi connectivity index (χ1v) is 8.89. The second-order valence-corrected chi connectivity index (χ2v) is 6.13. The number of carbonyl (C=O) groups is 1. The Morgan fingerprint density at radius 1 is 1.21 bits per heavy atom. The number of nitrogens with zero attached hydrogens (tertiary/aromatic N) is 3. The van der Waals surface area contributed by atoms with Crippen molar-refractivity contribution in [3.05, 3.63) is 29.8 Å². The highest BCUT2D eigenvalue weighted by molar-refractivity contribution is 6.05. The van der Waals surface area contributed by atoms with Gasteiger partial charge in [0, 0.05) is 18.7 Å². The van der Waals surface area contributed by atoms with Crippen LogP contribution < -0.4 is 4.74 Å². The second kappa shape index (κ2) is 8.27. The summed E-state index contributed by atoms with van der Waals surface area (Å²) >= 11 is 0. The molecular formula is C18H20F3N3O5. The van der Waals surface area contributed by atoms with Crippen molar-refractivity contribution < 1.29 is 36.9 Å². The summed E-state index contributed by atoms with van der Waals surface area (Å²) in [4.78, 5) is 21.0. The maximum Gasteiger partial charge on any atom is 0.446 e. The van der Waals surface area contributed by atoms with Crippen molar-refractivity contribution in [3.8, 4) is 5.75 Å². The van der Waals surface area contributed by atoms with Gasteiger partial charge in [-0.25, -0.2) is 4.79 Å². The van der Waals surface area contributed by atoms with E-state index >= 15 is 0 Å². The van der Waals surface area contributed by atoms with Gasteiger partial charge in [-0.05, 0) is 31.2 Å². The molecule has 1 aromatic carbocycles. The molecule has 0 N–H and O–H groups in total.